The van der Waals surface area contributed by atoms with Crippen LogP contribution in [0, 0.1) is 0 Å². The maximum Gasteiger partial charge on any atom is 1.00 e. The Morgan fingerprint density at radius 1 is 0.727 bits per heavy atom. The summed E-state index contributed by atoms with van der Waals surface area (Å²) in [6.45, 7) is 3.87. The van der Waals surface area contributed by atoms with Crippen molar-refractivity contribution >= 4 is 20.2 Å². The predicted molar refractivity (Wildman–Crippen MR) is 114 cm³/mol. The van der Waals surface area contributed by atoms with Gasteiger partial charge in [0.25, 0.3) is 0 Å². The molecule has 2 rings (SSSR count). The van der Waals surface area contributed by atoms with E-state index in [1.165, 1.54) is 12.1 Å². The van der Waals surface area contributed by atoms with Crippen molar-refractivity contribution in [1.82, 2.24) is 0 Å². The second-order valence-electron chi connectivity index (χ2n) is 8.04. The molecule has 2 aromatic carbocycles. The van der Waals surface area contributed by atoms with Crippen LogP contribution in [0.15, 0.2) is 36.4 Å². The number of phenols is 2. The summed E-state index contributed by atoms with van der Waals surface area (Å²) in [6.07, 6.45) is 0.633. The Morgan fingerprint density at radius 2 is 1.06 bits per heavy atom. The summed E-state index contributed by atoms with van der Waals surface area (Å²) in [5.41, 5.74) is 2.12. The molecule has 0 heterocycles. The molecular weight excluding hydrogens is 458 g/mol. The van der Waals surface area contributed by atoms with Gasteiger partial charge in [-0.15, -0.1) is 0 Å². The molecule has 0 fully saturated rings. The first-order valence-electron chi connectivity index (χ1n) is 9.71. The Bertz CT molecular complexity index is 1060. The molecule has 33 heavy (non-hydrogen) atoms. The minimum Gasteiger partial charge on any atom is -0.748 e. The molecule has 0 unspecified atom stereocenters. The van der Waals surface area contributed by atoms with Crippen LogP contribution in [-0.2, 0) is 38.5 Å². The first-order valence-corrected chi connectivity index (χ1v) is 12.9. The van der Waals surface area contributed by atoms with Gasteiger partial charge in [0.1, 0.15) is 11.5 Å². The first-order chi connectivity index (χ1) is 14.2. The largest absolute Gasteiger partial charge is 1.00 e. The van der Waals surface area contributed by atoms with E-state index in [1.54, 1.807) is 24.3 Å². The third-order valence-corrected chi connectivity index (χ3v) is 6.86. The van der Waals surface area contributed by atoms with Crippen LogP contribution in [-0.4, -0.2) is 47.7 Å². The van der Waals surface area contributed by atoms with Gasteiger partial charge in [0, 0.05) is 16.9 Å². The molecule has 12 heteroatoms. The summed E-state index contributed by atoms with van der Waals surface area (Å²) < 4.78 is 64.9. The average Bonchev–Trinajstić information content (AvgIpc) is 2.62. The molecule has 172 valence electrons. The van der Waals surface area contributed by atoms with Crippen molar-refractivity contribution in [3.8, 4) is 11.5 Å². The van der Waals surface area contributed by atoms with Crippen molar-refractivity contribution in [2.75, 3.05) is 11.5 Å². The Kier molecular flexibility index (Phi) is 12.3. The van der Waals surface area contributed by atoms with Crippen molar-refractivity contribution in [3.05, 3.63) is 58.7 Å². The Labute approximate surface area is 219 Å². The number of rotatable bonds is 10. The molecule has 0 aromatic heterocycles. The summed E-state index contributed by atoms with van der Waals surface area (Å²) in [5.74, 6) is -1.01. The van der Waals surface area contributed by atoms with Crippen LogP contribution in [0.3, 0.4) is 0 Å². The van der Waals surface area contributed by atoms with Crippen LogP contribution in [0.2, 0.25) is 0 Å². The van der Waals surface area contributed by atoms with Gasteiger partial charge in [0.15, 0.2) is 0 Å². The predicted octanol–water partition coefficient (Wildman–Crippen LogP) is -3.61. The maximum absolute atomic E-state index is 10.8. The number of hydrogen-bond donors (Lipinski definition) is 2. The van der Waals surface area contributed by atoms with Gasteiger partial charge in [-0.25, -0.2) is 16.8 Å². The quantitative estimate of drug-likeness (QED) is 0.259. The van der Waals surface area contributed by atoms with Crippen LogP contribution in [0.4, 0.5) is 0 Å². The molecule has 2 aromatic rings. The van der Waals surface area contributed by atoms with Gasteiger partial charge < -0.3 is 19.3 Å². The zero-order valence-corrected chi connectivity index (χ0v) is 21.0. The van der Waals surface area contributed by atoms with Crippen LogP contribution >= 0.6 is 0 Å². The number of aryl methyl sites for hydroxylation is 2. The SMILES string of the molecule is CC(C)(c1ccc(O)c(CCCS(=O)(=O)[O-])c1)c1ccc(O)c(CCCS(=O)(=O)[O-])c1.[Li+].[Li+]. The molecule has 0 spiro atoms. The van der Waals surface area contributed by atoms with Gasteiger partial charge in [0.2, 0.25) is 0 Å². The van der Waals surface area contributed by atoms with E-state index in [-0.39, 0.29) is 74.9 Å². The van der Waals surface area contributed by atoms with Crippen molar-refractivity contribution in [3.63, 3.8) is 0 Å². The maximum atomic E-state index is 10.8. The Balaban J connectivity index is 0.00000512. The van der Waals surface area contributed by atoms with Gasteiger partial charge in [-0.2, -0.15) is 0 Å². The van der Waals surface area contributed by atoms with Crippen LogP contribution in [0.5, 0.6) is 11.5 Å². The van der Waals surface area contributed by atoms with Crippen molar-refractivity contribution < 1.29 is 73.9 Å². The molecule has 0 saturated carbocycles. The molecule has 0 amide bonds. The number of benzene rings is 2. The second-order valence-corrected chi connectivity index (χ2v) is 11.1. The standard InChI is InChI=1S/C21H28O8S2.2Li/c1-21(2,17-7-9-19(22)15(13-17)5-3-11-30(24,25)26)18-8-10-20(23)16(14-18)6-4-12-31(27,28)29;;/h7-10,13-14,22-23H,3-6,11-12H2,1-2H3,(H,24,25,26)(H,27,28,29);;/q;2*+1/p-2. The van der Waals surface area contributed by atoms with Crippen molar-refractivity contribution in [1.29, 1.82) is 0 Å². The average molecular weight is 484 g/mol. The summed E-state index contributed by atoms with van der Waals surface area (Å²) in [4.78, 5) is 0. The van der Waals surface area contributed by atoms with E-state index in [9.17, 15) is 36.2 Å². The molecular formula is C21H26Li2O8S2. The zero-order valence-electron chi connectivity index (χ0n) is 19.4. The Hall–Kier alpha value is -0.945. The van der Waals surface area contributed by atoms with E-state index in [2.05, 4.69) is 0 Å². The number of phenolic OH excluding ortho intramolecular Hbond substituents is 2. The molecule has 8 nitrogen and oxygen atoms in total. The van der Waals surface area contributed by atoms with Gasteiger partial charge >= 0.3 is 37.7 Å². The monoisotopic (exact) mass is 484 g/mol. The van der Waals surface area contributed by atoms with Gasteiger partial charge in [-0.05, 0) is 60.1 Å². The molecule has 0 atom stereocenters. The fraction of sp³-hybridized carbons (Fsp3) is 0.429. The smallest absolute Gasteiger partial charge is 0.748 e. The molecule has 0 aliphatic heterocycles. The van der Waals surface area contributed by atoms with Gasteiger partial charge in [-0.1, -0.05) is 38.1 Å². The van der Waals surface area contributed by atoms with E-state index in [0.29, 0.717) is 11.1 Å². The molecule has 2 N–H and O–H groups in total. The molecule has 0 aliphatic carbocycles. The summed E-state index contributed by atoms with van der Waals surface area (Å²) >= 11 is 0. The first kappa shape index (κ1) is 32.1. The van der Waals surface area contributed by atoms with Crippen LogP contribution < -0.4 is 37.7 Å². The minimum atomic E-state index is -4.33. The molecule has 0 bridgehead atoms. The third kappa shape index (κ3) is 10.1. The van der Waals surface area contributed by atoms with E-state index >= 15 is 0 Å². The Morgan fingerprint density at radius 3 is 1.36 bits per heavy atom. The molecule has 0 aliphatic rings. The van der Waals surface area contributed by atoms with Crippen molar-refractivity contribution in [2.24, 2.45) is 0 Å². The van der Waals surface area contributed by atoms with E-state index in [4.69, 9.17) is 0 Å². The van der Waals surface area contributed by atoms with Gasteiger partial charge in [0.05, 0.1) is 20.2 Å². The summed E-state index contributed by atoms with van der Waals surface area (Å²) in [6, 6.07) is 10.0. The summed E-state index contributed by atoms with van der Waals surface area (Å²) in [7, 11) is -8.65. The minimum absolute atomic E-state index is 0. The number of aromatic hydroxyl groups is 2. The van der Waals surface area contributed by atoms with E-state index in [1.807, 2.05) is 13.8 Å². The van der Waals surface area contributed by atoms with Crippen LogP contribution in [0.1, 0.15) is 48.9 Å². The van der Waals surface area contributed by atoms with E-state index < -0.39 is 37.2 Å². The molecule has 0 radical (unpaired) electrons. The fourth-order valence-electron chi connectivity index (χ4n) is 3.39. The topological polar surface area (TPSA) is 155 Å². The summed E-state index contributed by atoms with van der Waals surface area (Å²) in [5, 5.41) is 20.2. The second kappa shape index (κ2) is 12.7. The zero-order chi connectivity index (χ0) is 23.4. The fourth-order valence-corrected chi connectivity index (χ4v) is 4.39. The molecule has 0 saturated heterocycles. The van der Waals surface area contributed by atoms with E-state index in [0.717, 1.165) is 11.1 Å². The number of hydrogen-bond acceptors (Lipinski definition) is 8. The van der Waals surface area contributed by atoms with Crippen LogP contribution in [0.25, 0.3) is 0 Å². The normalized spacial score (nSPS) is 12.0. The van der Waals surface area contributed by atoms with Crippen molar-refractivity contribution in [2.45, 2.75) is 44.9 Å². The third-order valence-electron chi connectivity index (χ3n) is 5.28. The van der Waals surface area contributed by atoms with Gasteiger partial charge in [-0.3, -0.25) is 0 Å².